The molecule has 1 amide bonds. The van der Waals surface area contributed by atoms with E-state index in [1.54, 1.807) is 11.3 Å². The summed E-state index contributed by atoms with van der Waals surface area (Å²) in [4.78, 5) is 12.4. The number of hydrogen-bond acceptors (Lipinski definition) is 2. The first-order valence-electron chi connectivity index (χ1n) is 8.90. The number of carbonyl (C=O) groups is 1. The number of fused-ring (bicyclic) bond motifs is 1. The van der Waals surface area contributed by atoms with Crippen LogP contribution in [0.5, 0.6) is 0 Å². The van der Waals surface area contributed by atoms with Gasteiger partial charge < -0.3 is 5.32 Å². The van der Waals surface area contributed by atoms with Gasteiger partial charge in [-0.3, -0.25) is 4.79 Å². The number of carbonyl (C=O) groups excluding carboxylic acids is 1. The zero-order valence-corrected chi connectivity index (χ0v) is 15.8. The molecule has 1 aliphatic rings. The van der Waals surface area contributed by atoms with Crippen molar-refractivity contribution in [3.63, 3.8) is 0 Å². The van der Waals surface area contributed by atoms with E-state index in [0.29, 0.717) is 11.5 Å². The summed E-state index contributed by atoms with van der Waals surface area (Å²) in [5.41, 5.74) is 5.05. The Kier molecular flexibility index (Phi) is 4.48. The first kappa shape index (κ1) is 16.8. The van der Waals surface area contributed by atoms with Crippen LogP contribution < -0.4 is 5.32 Å². The van der Waals surface area contributed by atoms with Crippen molar-refractivity contribution < 1.29 is 4.79 Å². The van der Waals surface area contributed by atoms with Crippen molar-refractivity contribution >= 4 is 39.1 Å². The molecule has 0 unspecified atom stereocenters. The molecule has 1 aliphatic heterocycles. The van der Waals surface area contributed by atoms with Crippen molar-refractivity contribution in [2.75, 3.05) is 0 Å². The SMILES string of the molecule is CC(C)Cc1ccc(C2=CC(=Cc3csc4ccccc34)C(=O)N2)cc1. The highest BCUT2D eigenvalue weighted by Gasteiger charge is 2.19. The molecule has 0 aliphatic carbocycles. The average Bonchev–Trinajstić information content (AvgIpc) is 3.20. The second-order valence-electron chi connectivity index (χ2n) is 7.09. The molecule has 3 aromatic rings. The lowest BCUT2D eigenvalue weighted by Gasteiger charge is -2.07. The third-order valence-electron chi connectivity index (χ3n) is 4.54. The molecule has 1 N–H and O–H groups in total. The summed E-state index contributed by atoms with van der Waals surface area (Å²) in [5.74, 6) is 0.600. The van der Waals surface area contributed by atoms with Gasteiger partial charge in [-0.1, -0.05) is 56.3 Å². The second-order valence-corrected chi connectivity index (χ2v) is 8.01. The Hall–Kier alpha value is -2.65. The van der Waals surface area contributed by atoms with Crippen molar-refractivity contribution in [2.45, 2.75) is 20.3 Å². The van der Waals surface area contributed by atoms with Crippen LogP contribution >= 0.6 is 11.3 Å². The minimum Gasteiger partial charge on any atom is -0.321 e. The summed E-state index contributed by atoms with van der Waals surface area (Å²) in [5, 5.41) is 6.30. The topological polar surface area (TPSA) is 29.1 Å². The van der Waals surface area contributed by atoms with Crippen LogP contribution in [0.1, 0.15) is 30.5 Å². The normalized spacial score (nSPS) is 15.7. The highest BCUT2D eigenvalue weighted by atomic mass is 32.1. The molecule has 1 aromatic heterocycles. The van der Waals surface area contributed by atoms with Crippen LogP contribution in [0.4, 0.5) is 0 Å². The molecular formula is C23H21NOS. The summed E-state index contributed by atoms with van der Waals surface area (Å²) in [6.45, 7) is 4.44. The minimum atomic E-state index is -0.0402. The lowest BCUT2D eigenvalue weighted by atomic mass is 10.0. The lowest BCUT2D eigenvalue weighted by Crippen LogP contribution is -2.15. The molecule has 0 spiro atoms. The average molecular weight is 359 g/mol. The summed E-state index contributed by atoms with van der Waals surface area (Å²) in [6, 6.07) is 16.8. The number of benzene rings is 2. The molecule has 0 atom stereocenters. The largest absolute Gasteiger partial charge is 0.321 e. The molecule has 2 aromatic carbocycles. The standard InChI is InChI=1S/C23H21NOS/c1-15(2)11-16-7-9-17(10-8-16)21-13-18(23(25)24-21)12-19-14-26-22-6-4-3-5-20(19)22/h3-10,12-15H,11H2,1-2H3,(H,24,25). The molecule has 2 heterocycles. The smallest absolute Gasteiger partial charge is 0.255 e. The first-order chi connectivity index (χ1) is 12.6. The monoisotopic (exact) mass is 359 g/mol. The minimum absolute atomic E-state index is 0.0402. The van der Waals surface area contributed by atoms with E-state index in [2.05, 4.69) is 60.9 Å². The van der Waals surface area contributed by atoms with Crippen LogP contribution in [-0.2, 0) is 11.2 Å². The van der Waals surface area contributed by atoms with Crippen molar-refractivity contribution in [3.05, 3.63) is 82.3 Å². The van der Waals surface area contributed by atoms with Crippen LogP contribution in [0.3, 0.4) is 0 Å². The molecule has 130 valence electrons. The maximum atomic E-state index is 12.4. The Bertz CT molecular complexity index is 1020. The molecule has 0 saturated heterocycles. The van der Waals surface area contributed by atoms with Crippen LogP contribution in [-0.4, -0.2) is 5.91 Å². The van der Waals surface area contributed by atoms with Gasteiger partial charge >= 0.3 is 0 Å². The van der Waals surface area contributed by atoms with E-state index in [-0.39, 0.29) is 5.91 Å². The highest BCUT2D eigenvalue weighted by molar-refractivity contribution is 7.17. The first-order valence-corrected chi connectivity index (χ1v) is 9.78. The fourth-order valence-corrected chi connectivity index (χ4v) is 4.20. The predicted molar refractivity (Wildman–Crippen MR) is 111 cm³/mol. The van der Waals surface area contributed by atoms with E-state index in [1.165, 1.54) is 15.6 Å². The molecule has 0 radical (unpaired) electrons. The second kappa shape index (κ2) is 6.93. The molecule has 3 heteroatoms. The van der Waals surface area contributed by atoms with Gasteiger partial charge in [-0.25, -0.2) is 0 Å². The van der Waals surface area contributed by atoms with Gasteiger partial charge in [0.1, 0.15) is 0 Å². The summed E-state index contributed by atoms with van der Waals surface area (Å²) in [7, 11) is 0. The van der Waals surface area contributed by atoms with Crippen molar-refractivity contribution in [1.29, 1.82) is 0 Å². The molecule has 26 heavy (non-hydrogen) atoms. The van der Waals surface area contributed by atoms with Crippen molar-refractivity contribution in [3.8, 4) is 0 Å². The van der Waals surface area contributed by atoms with Crippen LogP contribution in [0.15, 0.2) is 65.6 Å². The van der Waals surface area contributed by atoms with E-state index in [1.807, 2.05) is 24.3 Å². The number of thiophene rings is 1. The van der Waals surface area contributed by atoms with Crippen LogP contribution in [0, 0.1) is 5.92 Å². The number of rotatable bonds is 4. The molecule has 0 fully saturated rings. The van der Waals surface area contributed by atoms with Crippen LogP contribution in [0.25, 0.3) is 21.9 Å². The quantitative estimate of drug-likeness (QED) is 0.599. The summed E-state index contributed by atoms with van der Waals surface area (Å²) in [6.07, 6.45) is 5.00. The zero-order valence-electron chi connectivity index (χ0n) is 15.0. The van der Waals surface area contributed by atoms with Gasteiger partial charge in [-0.05, 0) is 58.0 Å². The highest BCUT2D eigenvalue weighted by Crippen LogP contribution is 2.29. The van der Waals surface area contributed by atoms with Gasteiger partial charge in [0.15, 0.2) is 0 Å². The van der Waals surface area contributed by atoms with Gasteiger partial charge in [0.05, 0.1) is 0 Å². The Morgan fingerprint density at radius 3 is 2.62 bits per heavy atom. The summed E-state index contributed by atoms with van der Waals surface area (Å²) < 4.78 is 1.24. The van der Waals surface area contributed by atoms with Crippen LogP contribution in [0.2, 0.25) is 0 Å². The Morgan fingerprint density at radius 1 is 1.08 bits per heavy atom. The molecule has 2 nitrogen and oxygen atoms in total. The van der Waals surface area contributed by atoms with Gasteiger partial charge in [0.25, 0.3) is 5.91 Å². The third kappa shape index (κ3) is 3.35. The van der Waals surface area contributed by atoms with Gasteiger partial charge in [-0.2, -0.15) is 0 Å². The Labute approximate surface area is 157 Å². The molecular weight excluding hydrogens is 338 g/mol. The lowest BCUT2D eigenvalue weighted by molar-refractivity contribution is -0.115. The maximum absolute atomic E-state index is 12.4. The van der Waals surface area contributed by atoms with Gasteiger partial charge in [-0.15, -0.1) is 11.3 Å². The van der Waals surface area contributed by atoms with Crippen molar-refractivity contribution in [1.82, 2.24) is 5.32 Å². The van der Waals surface area contributed by atoms with Crippen molar-refractivity contribution in [2.24, 2.45) is 5.92 Å². The molecule has 0 bridgehead atoms. The Balaban J connectivity index is 1.63. The van der Waals surface area contributed by atoms with E-state index in [9.17, 15) is 4.79 Å². The predicted octanol–water partition coefficient (Wildman–Crippen LogP) is 5.65. The maximum Gasteiger partial charge on any atom is 0.255 e. The number of amides is 1. The van der Waals surface area contributed by atoms with Gasteiger partial charge in [0.2, 0.25) is 0 Å². The Morgan fingerprint density at radius 2 is 1.85 bits per heavy atom. The molecule has 0 saturated carbocycles. The zero-order chi connectivity index (χ0) is 18.1. The van der Waals surface area contributed by atoms with Gasteiger partial charge in [0, 0.05) is 16.0 Å². The molecule has 4 rings (SSSR count). The number of hydrogen-bond donors (Lipinski definition) is 1. The third-order valence-corrected chi connectivity index (χ3v) is 5.52. The fourth-order valence-electron chi connectivity index (χ4n) is 3.28. The summed E-state index contributed by atoms with van der Waals surface area (Å²) >= 11 is 1.71. The number of nitrogens with one attached hydrogen (secondary N) is 1. The van der Waals surface area contributed by atoms with E-state index >= 15 is 0 Å². The van der Waals surface area contributed by atoms with E-state index < -0.39 is 0 Å². The van der Waals surface area contributed by atoms with E-state index in [0.717, 1.165) is 23.2 Å². The van der Waals surface area contributed by atoms with E-state index in [4.69, 9.17) is 0 Å². The fraction of sp³-hybridized carbons (Fsp3) is 0.174.